The van der Waals surface area contributed by atoms with Crippen LogP contribution in [0, 0.1) is 8.34 Å². The van der Waals surface area contributed by atoms with E-state index >= 15 is 0 Å². The molecule has 16 heavy (non-hydrogen) atoms. The number of nitrogens with zero attached hydrogens (tertiary/aromatic N) is 1. The van der Waals surface area contributed by atoms with E-state index < -0.39 is 0 Å². The highest BCUT2D eigenvalue weighted by Gasteiger charge is 2.03. The molecule has 0 aliphatic rings. The normalized spacial score (nSPS) is 11.6. The van der Waals surface area contributed by atoms with E-state index in [2.05, 4.69) is 62.5 Å². The minimum atomic E-state index is 0.807. The van der Waals surface area contributed by atoms with Crippen molar-refractivity contribution in [2.45, 2.75) is 19.9 Å². The second-order valence-electron chi connectivity index (χ2n) is 3.60. The second-order valence-corrected chi connectivity index (χ2v) is 5.23. The molecule has 0 aliphatic carbocycles. The molecular formula is C12H13IN2S. The van der Waals surface area contributed by atoms with Crippen LogP contribution in [0.15, 0.2) is 30.4 Å². The van der Waals surface area contributed by atoms with Gasteiger partial charge < -0.3 is 9.55 Å². The Hall–Kier alpha value is -0.620. The number of imidazole rings is 1. The molecule has 0 radical (unpaired) electrons. The molecule has 1 N–H and O–H groups in total. The third-order valence-corrected chi connectivity index (χ3v) is 3.48. The summed E-state index contributed by atoms with van der Waals surface area (Å²) in [5.41, 5.74) is 2.31. The average molecular weight is 344 g/mol. The molecule has 2 aromatic rings. The summed E-state index contributed by atoms with van der Waals surface area (Å²) in [6.45, 7) is 2.97. The topological polar surface area (TPSA) is 20.7 Å². The number of aromatic amines is 1. The van der Waals surface area contributed by atoms with Gasteiger partial charge in [0, 0.05) is 10.1 Å². The van der Waals surface area contributed by atoms with E-state index in [9.17, 15) is 0 Å². The zero-order valence-corrected chi connectivity index (χ0v) is 12.0. The van der Waals surface area contributed by atoms with Gasteiger partial charge >= 0.3 is 0 Å². The first-order valence-corrected chi connectivity index (χ1v) is 6.70. The maximum Gasteiger partial charge on any atom is 0.178 e. The fraction of sp³-hybridized carbons (Fsp3) is 0.250. The third-order valence-electron chi connectivity index (χ3n) is 2.49. The molecule has 0 aliphatic heterocycles. The average Bonchev–Trinajstić information content (AvgIpc) is 2.55. The molecule has 0 saturated heterocycles. The Morgan fingerprint density at radius 2 is 2.31 bits per heavy atom. The van der Waals surface area contributed by atoms with Crippen molar-refractivity contribution in [3.8, 4) is 0 Å². The highest BCUT2D eigenvalue weighted by Crippen LogP contribution is 2.17. The Balaban J connectivity index is 2.44. The molecule has 0 spiro atoms. The van der Waals surface area contributed by atoms with Crippen LogP contribution in [-0.4, -0.2) is 9.55 Å². The lowest BCUT2D eigenvalue weighted by atomic mass is 10.3. The highest BCUT2D eigenvalue weighted by atomic mass is 127. The number of rotatable bonds is 3. The number of benzene rings is 1. The Morgan fingerprint density at radius 1 is 1.50 bits per heavy atom. The van der Waals surface area contributed by atoms with Gasteiger partial charge in [0.15, 0.2) is 4.77 Å². The van der Waals surface area contributed by atoms with E-state index in [0.29, 0.717) is 0 Å². The van der Waals surface area contributed by atoms with Gasteiger partial charge in [-0.3, -0.25) is 0 Å². The quantitative estimate of drug-likeness (QED) is 0.501. The lowest BCUT2D eigenvalue weighted by molar-refractivity contribution is 0.720. The maximum absolute atomic E-state index is 5.33. The first-order chi connectivity index (χ1) is 7.72. The lowest BCUT2D eigenvalue weighted by Gasteiger charge is -2.01. The molecule has 4 heteroatoms. The second kappa shape index (κ2) is 5.14. The van der Waals surface area contributed by atoms with E-state index in [1.54, 1.807) is 0 Å². The van der Waals surface area contributed by atoms with Gasteiger partial charge in [-0.05, 0) is 66.4 Å². The number of hydrogen-bond acceptors (Lipinski definition) is 1. The zero-order valence-electron chi connectivity index (χ0n) is 9.03. The summed E-state index contributed by atoms with van der Waals surface area (Å²) in [4.78, 5) is 3.24. The summed E-state index contributed by atoms with van der Waals surface area (Å²) in [6, 6.07) is 6.36. The Labute approximate surface area is 114 Å². The van der Waals surface area contributed by atoms with Crippen molar-refractivity contribution in [1.82, 2.24) is 9.55 Å². The molecule has 2 rings (SSSR count). The van der Waals surface area contributed by atoms with Gasteiger partial charge in [0.2, 0.25) is 0 Å². The molecule has 0 unspecified atom stereocenters. The van der Waals surface area contributed by atoms with Crippen molar-refractivity contribution >= 4 is 45.8 Å². The number of nitrogens with one attached hydrogen (secondary N) is 1. The van der Waals surface area contributed by atoms with Gasteiger partial charge in [0.1, 0.15) is 0 Å². The fourth-order valence-electron chi connectivity index (χ4n) is 1.73. The van der Waals surface area contributed by atoms with Crippen LogP contribution >= 0.6 is 34.8 Å². The van der Waals surface area contributed by atoms with Crippen molar-refractivity contribution in [2.75, 3.05) is 0 Å². The van der Waals surface area contributed by atoms with Crippen molar-refractivity contribution in [2.24, 2.45) is 0 Å². The number of aryl methyl sites for hydroxylation is 1. The van der Waals surface area contributed by atoms with Gasteiger partial charge in [0.25, 0.3) is 0 Å². The van der Waals surface area contributed by atoms with Gasteiger partial charge in [-0.25, -0.2) is 0 Å². The molecule has 2 nitrogen and oxygen atoms in total. The summed E-state index contributed by atoms with van der Waals surface area (Å²) in [5, 5.41) is 0. The minimum absolute atomic E-state index is 0.807. The van der Waals surface area contributed by atoms with Gasteiger partial charge in [0.05, 0.1) is 11.0 Å². The van der Waals surface area contributed by atoms with Gasteiger partial charge in [-0.2, -0.15) is 0 Å². The van der Waals surface area contributed by atoms with Crippen molar-refractivity contribution < 1.29 is 0 Å². The van der Waals surface area contributed by atoms with Crippen molar-refractivity contribution in [3.05, 3.63) is 38.7 Å². The summed E-state index contributed by atoms with van der Waals surface area (Å²) in [5.74, 6) is 0. The van der Waals surface area contributed by atoms with E-state index in [1.807, 2.05) is 6.92 Å². The minimum Gasteiger partial charge on any atom is -0.331 e. The maximum atomic E-state index is 5.33. The molecule has 0 fully saturated rings. The smallest absolute Gasteiger partial charge is 0.178 e. The third kappa shape index (κ3) is 2.38. The van der Waals surface area contributed by atoms with Crippen LogP contribution in [0.5, 0.6) is 0 Å². The van der Waals surface area contributed by atoms with Crippen molar-refractivity contribution in [1.29, 1.82) is 0 Å². The Bertz CT molecular complexity index is 580. The standard InChI is InChI=1S/C12H13IN2S/c1-2-3-4-7-15-11-6-5-9(13)8-10(11)14-12(15)16/h2-3,5-6,8H,4,7H2,1H3,(H,14,16)/b3-2+. The van der Waals surface area contributed by atoms with Crippen LogP contribution in [0.2, 0.25) is 0 Å². The van der Waals surface area contributed by atoms with Gasteiger partial charge in [-0.15, -0.1) is 0 Å². The zero-order chi connectivity index (χ0) is 11.5. The summed E-state index contributed by atoms with van der Waals surface area (Å²) >= 11 is 7.64. The van der Waals surface area contributed by atoms with E-state index in [-0.39, 0.29) is 0 Å². The summed E-state index contributed by atoms with van der Waals surface area (Å²) < 4.78 is 4.18. The number of allylic oxidation sites excluding steroid dienone is 2. The molecule has 0 bridgehead atoms. The van der Waals surface area contributed by atoms with Gasteiger partial charge in [-0.1, -0.05) is 12.2 Å². The Kier molecular flexibility index (Phi) is 3.81. The molecule has 0 atom stereocenters. The number of H-pyrrole nitrogens is 1. The van der Waals surface area contributed by atoms with E-state index in [0.717, 1.165) is 23.3 Å². The van der Waals surface area contributed by atoms with E-state index in [4.69, 9.17) is 12.2 Å². The lowest BCUT2D eigenvalue weighted by Crippen LogP contribution is -1.96. The Morgan fingerprint density at radius 3 is 3.06 bits per heavy atom. The van der Waals surface area contributed by atoms with Crippen LogP contribution in [0.25, 0.3) is 11.0 Å². The summed E-state index contributed by atoms with van der Waals surface area (Å²) in [6.07, 6.45) is 5.25. The van der Waals surface area contributed by atoms with Crippen LogP contribution in [-0.2, 0) is 6.54 Å². The number of aromatic nitrogens is 2. The largest absolute Gasteiger partial charge is 0.331 e. The first kappa shape index (κ1) is 11.9. The highest BCUT2D eigenvalue weighted by molar-refractivity contribution is 14.1. The number of fused-ring (bicyclic) bond motifs is 1. The molecular weight excluding hydrogens is 331 g/mol. The SMILES string of the molecule is C/C=C/CCn1c(=S)[nH]c2cc(I)ccc21. The van der Waals surface area contributed by atoms with Crippen LogP contribution in [0.1, 0.15) is 13.3 Å². The monoisotopic (exact) mass is 344 g/mol. The molecule has 0 saturated carbocycles. The summed E-state index contributed by atoms with van der Waals surface area (Å²) in [7, 11) is 0. The molecule has 0 amide bonds. The first-order valence-electron chi connectivity index (χ1n) is 5.21. The molecule has 1 heterocycles. The fourth-order valence-corrected chi connectivity index (χ4v) is 2.52. The van der Waals surface area contributed by atoms with Crippen LogP contribution < -0.4 is 0 Å². The molecule has 84 valence electrons. The predicted octanol–water partition coefficient (Wildman–Crippen LogP) is 4.27. The predicted molar refractivity (Wildman–Crippen MR) is 79.3 cm³/mol. The number of halogens is 1. The number of hydrogen-bond donors (Lipinski definition) is 1. The molecule has 1 aromatic heterocycles. The van der Waals surface area contributed by atoms with Crippen LogP contribution in [0.4, 0.5) is 0 Å². The van der Waals surface area contributed by atoms with Crippen molar-refractivity contribution in [3.63, 3.8) is 0 Å². The van der Waals surface area contributed by atoms with E-state index in [1.165, 1.54) is 9.09 Å². The van der Waals surface area contributed by atoms with Crippen LogP contribution in [0.3, 0.4) is 0 Å². The molecule has 1 aromatic carbocycles.